The molecule has 4 rings (SSSR count). The Labute approximate surface area is 163 Å². The predicted molar refractivity (Wildman–Crippen MR) is 97.7 cm³/mol. The summed E-state index contributed by atoms with van der Waals surface area (Å²) in [5.74, 6) is 0.226. The highest BCUT2D eigenvalue weighted by Gasteiger charge is 2.51. The number of nitrogens with zero attached hydrogens (tertiary/aromatic N) is 4. The van der Waals surface area contributed by atoms with Gasteiger partial charge in [0.25, 0.3) is 5.91 Å². The van der Waals surface area contributed by atoms with Crippen LogP contribution in [-0.4, -0.2) is 82.1 Å². The number of hydrogen-bond acceptors (Lipinski definition) is 6. The fourth-order valence-electron chi connectivity index (χ4n) is 4.42. The van der Waals surface area contributed by atoms with Crippen molar-refractivity contribution in [2.45, 2.75) is 58.2 Å². The zero-order valence-electron chi connectivity index (χ0n) is 16.5. The third-order valence-corrected chi connectivity index (χ3v) is 6.21. The molecule has 3 amide bonds. The summed E-state index contributed by atoms with van der Waals surface area (Å²) in [6.07, 6.45) is 1.26. The quantitative estimate of drug-likeness (QED) is 0.773. The molecular weight excluding hydrogens is 364 g/mol. The van der Waals surface area contributed by atoms with E-state index in [1.54, 1.807) is 14.7 Å². The SMILES string of the molecule is CCC(=O)N1C[C@@H]2OC(=O)N(C3CCN(C(=O)c4onc(C)c4C)CC3)[C@@H]2C1. The Morgan fingerprint density at radius 3 is 2.46 bits per heavy atom. The van der Waals surface area contributed by atoms with Gasteiger partial charge in [-0.2, -0.15) is 0 Å². The van der Waals surface area contributed by atoms with E-state index in [2.05, 4.69) is 5.16 Å². The molecule has 0 bridgehead atoms. The molecule has 3 saturated heterocycles. The molecule has 0 aromatic carbocycles. The van der Waals surface area contributed by atoms with E-state index >= 15 is 0 Å². The van der Waals surface area contributed by atoms with Crippen LogP contribution in [-0.2, 0) is 9.53 Å². The lowest BCUT2D eigenvalue weighted by Gasteiger charge is -2.37. The van der Waals surface area contributed by atoms with Crippen LogP contribution in [0.3, 0.4) is 0 Å². The van der Waals surface area contributed by atoms with Gasteiger partial charge in [-0.3, -0.25) is 14.5 Å². The number of aryl methyl sites for hydroxylation is 1. The highest BCUT2D eigenvalue weighted by Crippen LogP contribution is 2.32. The molecule has 9 heteroatoms. The van der Waals surface area contributed by atoms with Crippen molar-refractivity contribution < 1.29 is 23.6 Å². The van der Waals surface area contributed by atoms with Gasteiger partial charge < -0.3 is 19.1 Å². The number of piperidine rings is 1. The fraction of sp³-hybridized carbons (Fsp3) is 0.684. The van der Waals surface area contributed by atoms with Gasteiger partial charge in [-0.05, 0) is 26.7 Å². The second-order valence-electron chi connectivity index (χ2n) is 7.79. The van der Waals surface area contributed by atoms with E-state index < -0.39 is 0 Å². The summed E-state index contributed by atoms with van der Waals surface area (Å²) < 4.78 is 10.7. The molecule has 9 nitrogen and oxygen atoms in total. The zero-order chi connectivity index (χ0) is 20.0. The van der Waals surface area contributed by atoms with Gasteiger partial charge in [-0.25, -0.2) is 4.79 Å². The van der Waals surface area contributed by atoms with Crippen molar-refractivity contribution in [2.24, 2.45) is 0 Å². The molecule has 0 spiro atoms. The molecule has 1 aromatic rings. The first-order valence-electron chi connectivity index (χ1n) is 9.89. The van der Waals surface area contributed by atoms with Crippen molar-refractivity contribution in [3.8, 4) is 0 Å². The summed E-state index contributed by atoms with van der Waals surface area (Å²) >= 11 is 0. The normalized spacial score (nSPS) is 25.2. The molecule has 2 atom stereocenters. The number of likely N-dealkylation sites (tertiary alicyclic amines) is 2. The van der Waals surface area contributed by atoms with E-state index in [1.165, 1.54) is 0 Å². The van der Waals surface area contributed by atoms with Crippen molar-refractivity contribution >= 4 is 17.9 Å². The molecule has 0 radical (unpaired) electrons. The standard InChI is InChI=1S/C19H26N4O5/c1-4-16(24)22-9-14-15(10-22)27-19(26)23(14)13-5-7-21(8-6-13)18(25)17-11(2)12(3)20-28-17/h13-15H,4-10H2,1-3H3/t14-,15+/m1/s1. The zero-order valence-corrected chi connectivity index (χ0v) is 16.5. The number of ether oxygens (including phenoxy) is 1. The van der Waals surface area contributed by atoms with Crippen molar-refractivity contribution in [1.29, 1.82) is 0 Å². The molecule has 28 heavy (non-hydrogen) atoms. The summed E-state index contributed by atoms with van der Waals surface area (Å²) in [5, 5.41) is 3.86. The average Bonchev–Trinajstić information content (AvgIpc) is 3.33. The number of aromatic nitrogens is 1. The summed E-state index contributed by atoms with van der Waals surface area (Å²) in [6, 6.07) is -0.0739. The third kappa shape index (κ3) is 3.02. The van der Waals surface area contributed by atoms with Crippen LogP contribution in [0.2, 0.25) is 0 Å². The molecule has 0 saturated carbocycles. The molecule has 0 N–H and O–H groups in total. The number of carbonyl (C=O) groups excluding carboxylic acids is 3. The van der Waals surface area contributed by atoms with Crippen molar-refractivity contribution in [1.82, 2.24) is 19.9 Å². The van der Waals surface area contributed by atoms with E-state index in [9.17, 15) is 14.4 Å². The van der Waals surface area contributed by atoms with Crippen LogP contribution in [0.15, 0.2) is 4.52 Å². The van der Waals surface area contributed by atoms with E-state index in [0.29, 0.717) is 51.2 Å². The van der Waals surface area contributed by atoms with Gasteiger partial charge in [0, 0.05) is 37.7 Å². The maximum atomic E-state index is 12.7. The minimum absolute atomic E-state index is 0.0146. The fourth-order valence-corrected chi connectivity index (χ4v) is 4.42. The van der Waals surface area contributed by atoms with Crippen LogP contribution in [0.25, 0.3) is 0 Å². The van der Waals surface area contributed by atoms with Crippen molar-refractivity contribution in [3.63, 3.8) is 0 Å². The lowest BCUT2D eigenvalue weighted by atomic mass is 10.0. The number of hydrogen-bond donors (Lipinski definition) is 0. The first kappa shape index (κ1) is 18.8. The van der Waals surface area contributed by atoms with Crippen LogP contribution in [0.1, 0.15) is 48.0 Å². The topological polar surface area (TPSA) is 96.2 Å². The van der Waals surface area contributed by atoms with E-state index in [0.717, 1.165) is 11.3 Å². The van der Waals surface area contributed by atoms with E-state index in [-0.39, 0.29) is 36.1 Å². The van der Waals surface area contributed by atoms with Gasteiger partial charge in [-0.1, -0.05) is 12.1 Å². The van der Waals surface area contributed by atoms with Crippen LogP contribution >= 0.6 is 0 Å². The Morgan fingerprint density at radius 1 is 1.14 bits per heavy atom. The second-order valence-corrected chi connectivity index (χ2v) is 7.79. The van der Waals surface area contributed by atoms with Gasteiger partial charge in [0.2, 0.25) is 11.7 Å². The summed E-state index contributed by atoms with van der Waals surface area (Å²) in [5.41, 5.74) is 1.49. The molecule has 0 aliphatic carbocycles. The van der Waals surface area contributed by atoms with Gasteiger partial charge >= 0.3 is 6.09 Å². The van der Waals surface area contributed by atoms with E-state index in [4.69, 9.17) is 9.26 Å². The lowest BCUT2D eigenvalue weighted by Crippen LogP contribution is -2.51. The van der Waals surface area contributed by atoms with Gasteiger partial charge in [0.05, 0.1) is 18.3 Å². The summed E-state index contributed by atoms with van der Waals surface area (Å²) in [4.78, 5) is 42.5. The summed E-state index contributed by atoms with van der Waals surface area (Å²) in [7, 11) is 0. The predicted octanol–water partition coefficient (Wildman–Crippen LogP) is 1.34. The number of carbonyl (C=O) groups is 3. The minimum atomic E-state index is -0.301. The molecule has 0 unspecified atom stereocenters. The van der Waals surface area contributed by atoms with Gasteiger partial charge in [-0.15, -0.1) is 0 Å². The highest BCUT2D eigenvalue weighted by atomic mass is 16.6. The molecule has 152 valence electrons. The highest BCUT2D eigenvalue weighted by molar-refractivity contribution is 5.93. The van der Waals surface area contributed by atoms with E-state index in [1.807, 2.05) is 20.8 Å². The van der Waals surface area contributed by atoms with Gasteiger partial charge in [0.1, 0.15) is 6.10 Å². The third-order valence-electron chi connectivity index (χ3n) is 6.21. The Morgan fingerprint density at radius 2 is 1.86 bits per heavy atom. The number of fused-ring (bicyclic) bond motifs is 1. The van der Waals surface area contributed by atoms with Crippen molar-refractivity contribution in [2.75, 3.05) is 26.2 Å². The maximum Gasteiger partial charge on any atom is 0.410 e. The van der Waals surface area contributed by atoms with Crippen LogP contribution < -0.4 is 0 Å². The minimum Gasteiger partial charge on any atom is -0.442 e. The molecule has 3 aliphatic heterocycles. The number of rotatable bonds is 3. The number of amides is 3. The lowest BCUT2D eigenvalue weighted by molar-refractivity contribution is -0.130. The van der Waals surface area contributed by atoms with Crippen LogP contribution in [0.5, 0.6) is 0 Å². The summed E-state index contributed by atoms with van der Waals surface area (Å²) in [6.45, 7) is 7.56. The smallest absolute Gasteiger partial charge is 0.410 e. The maximum absolute atomic E-state index is 12.7. The van der Waals surface area contributed by atoms with Crippen molar-refractivity contribution in [3.05, 3.63) is 17.0 Å². The molecular formula is C19H26N4O5. The van der Waals surface area contributed by atoms with Crippen LogP contribution in [0.4, 0.5) is 4.79 Å². The molecule has 1 aromatic heterocycles. The van der Waals surface area contributed by atoms with Crippen LogP contribution in [0, 0.1) is 13.8 Å². The Balaban J connectivity index is 1.39. The molecule has 3 aliphatic rings. The Hall–Kier alpha value is -2.58. The van der Waals surface area contributed by atoms with Gasteiger partial charge in [0.15, 0.2) is 0 Å². The average molecular weight is 390 g/mol. The first-order chi connectivity index (χ1) is 13.4. The second kappa shape index (κ2) is 7.10. The molecule has 4 heterocycles. The Kier molecular flexibility index (Phi) is 4.76. The Bertz CT molecular complexity index is 798. The largest absolute Gasteiger partial charge is 0.442 e. The molecule has 3 fully saturated rings. The monoisotopic (exact) mass is 390 g/mol. The first-order valence-corrected chi connectivity index (χ1v) is 9.89.